The molecule has 0 atom stereocenters. The van der Waals surface area contributed by atoms with Crippen molar-refractivity contribution >= 4 is 21.9 Å². The third kappa shape index (κ3) is 2.34. The molecule has 2 aromatic carbocycles. The normalized spacial score (nSPS) is 11.5. The van der Waals surface area contributed by atoms with E-state index in [1.54, 1.807) is 12.3 Å². The Morgan fingerprint density at radius 2 is 1.75 bits per heavy atom. The lowest BCUT2D eigenvalue weighted by Crippen LogP contribution is -2.02. The Hall–Kier alpha value is -2.79. The van der Waals surface area contributed by atoms with E-state index in [-0.39, 0.29) is 6.61 Å². The zero-order chi connectivity index (χ0) is 16.7. The van der Waals surface area contributed by atoms with Crippen LogP contribution in [0.4, 0.5) is 8.78 Å². The van der Waals surface area contributed by atoms with E-state index >= 15 is 0 Å². The number of aromatic nitrogens is 2. The van der Waals surface area contributed by atoms with Crippen LogP contribution in [0.15, 0.2) is 54.7 Å². The summed E-state index contributed by atoms with van der Waals surface area (Å²) in [5.41, 5.74) is 3.10. The van der Waals surface area contributed by atoms with E-state index in [2.05, 4.69) is 4.98 Å². The Labute approximate surface area is 136 Å². The summed E-state index contributed by atoms with van der Waals surface area (Å²) in [6.45, 7) is 0.304. The van der Waals surface area contributed by atoms with E-state index in [0.717, 1.165) is 33.6 Å². The van der Waals surface area contributed by atoms with Gasteiger partial charge in [0.2, 0.25) is 0 Å². The zero-order valence-corrected chi connectivity index (χ0v) is 12.7. The quantitative estimate of drug-likeness (QED) is 0.618. The van der Waals surface area contributed by atoms with Gasteiger partial charge in [0.15, 0.2) is 11.6 Å². The third-order valence-electron chi connectivity index (χ3n) is 4.17. The van der Waals surface area contributed by atoms with E-state index < -0.39 is 11.6 Å². The molecule has 0 saturated heterocycles. The summed E-state index contributed by atoms with van der Waals surface area (Å²) >= 11 is 0. The topological polar surface area (TPSA) is 38.1 Å². The highest BCUT2D eigenvalue weighted by Crippen LogP contribution is 2.29. The van der Waals surface area contributed by atoms with Crippen molar-refractivity contribution in [3.05, 3.63) is 77.5 Å². The van der Waals surface area contributed by atoms with Gasteiger partial charge >= 0.3 is 0 Å². The van der Waals surface area contributed by atoms with Crippen LogP contribution in [-0.2, 0) is 13.2 Å². The highest BCUT2D eigenvalue weighted by molar-refractivity contribution is 6.06. The number of aliphatic hydroxyl groups is 1. The van der Waals surface area contributed by atoms with Gasteiger partial charge < -0.3 is 9.67 Å². The number of halogens is 2. The number of rotatable bonds is 3. The number of hydrogen-bond donors (Lipinski definition) is 1. The smallest absolute Gasteiger partial charge is 0.159 e. The molecule has 0 amide bonds. The molecule has 0 aliphatic rings. The van der Waals surface area contributed by atoms with Crippen LogP contribution in [-0.4, -0.2) is 14.7 Å². The van der Waals surface area contributed by atoms with Crippen LogP contribution in [0.1, 0.15) is 11.1 Å². The fourth-order valence-electron chi connectivity index (χ4n) is 3.03. The maximum atomic E-state index is 13.5. The van der Waals surface area contributed by atoms with Crippen LogP contribution < -0.4 is 0 Å². The molecule has 0 bridgehead atoms. The molecule has 2 heterocycles. The highest BCUT2D eigenvalue weighted by atomic mass is 19.2. The van der Waals surface area contributed by atoms with Gasteiger partial charge in [-0.3, -0.25) is 0 Å². The second-order valence-corrected chi connectivity index (χ2v) is 5.72. The average Bonchev–Trinajstić information content (AvgIpc) is 2.92. The van der Waals surface area contributed by atoms with Crippen LogP contribution >= 0.6 is 0 Å². The number of pyridine rings is 1. The molecule has 0 aliphatic carbocycles. The molecule has 0 unspecified atom stereocenters. The van der Waals surface area contributed by atoms with Crippen LogP contribution in [0, 0.1) is 11.6 Å². The van der Waals surface area contributed by atoms with Crippen molar-refractivity contribution in [3.63, 3.8) is 0 Å². The van der Waals surface area contributed by atoms with Crippen molar-refractivity contribution in [1.82, 2.24) is 9.55 Å². The summed E-state index contributed by atoms with van der Waals surface area (Å²) in [7, 11) is 0. The number of aliphatic hydroxyl groups excluding tert-OH is 1. The van der Waals surface area contributed by atoms with Gasteiger partial charge in [0.1, 0.15) is 5.65 Å². The lowest BCUT2D eigenvalue weighted by molar-refractivity contribution is 0.281. The van der Waals surface area contributed by atoms with E-state index in [1.807, 2.05) is 34.9 Å². The van der Waals surface area contributed by atoms with Crippen molar-refractivity contribution in [2.45, 2.75) is 13.2 Å². The maximum Gasteiger partial charge on any atom is 0.159 e. The lowest BCUT2D eigenvalue weighted by atomic mass is 10.1. The van der Waals surface area contributed by atoms with Gasteiger partial charge in [-0.25, -0.2) is 13.8 Å². The molecule has 0 fully saturated rings. The molecule has 2 aromatic heterocycles. The van der Waals surface area contributed by atoms with Crippen LogP contribution in [0.25, 0.3) is 21.9 Å². The molecule has 4 rings (SSSR count). The minimum Gasteiger partial charge on any atom is -0.392 e. The second-order valence-electron chi connectivity index (χ2n) is 5.72. The molecule has 120 valence electrons. The first-order valence-corrected chi connectivity index (χ1v) is 7.58. The molecular weight excluding hydrogens is 310 g/mol. The molecule has 0 spiro atoms. The van der Waals surface area contributed by atoms with Gasteiger partial charge in [0.25, 0.3) is 0 Å². The molecule has 4 aromatic rings. The molecule has 0 radical (unpaired) electrons. The molecule has 3 nitrogen and oxygen atoms in total. The van der Waals surface area contributed by atoms with Crippen LogP contribution in [0.5, 0.6) is 0 Å². The van der Waals surface area contributed by atoms with Crippen molar-refractivity contribution in [3.8, 4) is 0 Å². The van der Waals surface area contributed by atoms with Gasteiger partial charge in [0.05, 0.1) is 12.1 Å². The minimum atomic E-state index is -0.858. The fourth-order valence-corrected chi connectivity index (χ4v) is 3.03. The Morgan fingerprint density at radius 3 is 2.54 bits per heavy atom. The predicted octanol–water partition coefficient (Wildman–Crippen LogP) is 4.01. The summed E-state index contributed by atoms with van der Waals surface area (Å²) in [4.78, 5) is 4.46. The summed E-state index contributed by atoms with van der Waals surface area (Å²) in [5.74, 6) is -1.71. The van der Waals surface area contributed by atoms with E-state index in [1.165, 1.54) is 6.07 Å². The first-order valence-electron chi connectivity index (χ1n) is 7.58. The monoisotopic (exact) mass is 324 g/mol. The summed E-state index contributed by atoms with van der Waals surface area (Å²) in [5, 5.41) is 11.3. The minimum absolute atomic E-state index is 0.0778. The molecule has 0 saturated carbocycles. The van der Waals surface area contributed by atoms with E-state index in [0.29, 0.717) is 12.1 Å². The van der Waals surface area contributed by atoms with Gasteiger partial charge in [0, 0.05) is 23.5 Å². The molecular formula is C19H14F2N2O. The fraction of sp³-hybridized carbons (Fsp3) is 0.105. The van der Waals surface area contributed by atoms with Gasteiger partial charge in [-0.15, -0.1) is 0 Å². The first kappa shape index (κ1) is 14.8. The Morgan fingerprint density at radius 1 is 0.917 bits per heavy atom. The average molecular weight is 324 g/mol. The van der Waals surface area contributed by atoms with Crippen molar-refractivity contribution in [2.75, 3.05) is 0 Å². The molecule has 1 N–H and O–H groups in total. The molecule has 5 heteroatoms. The maximum absolute atomic E-state index is 13.5. The van der Waals surface area contributed by atoms with E-state index in [4.69, 9.17) is 0 Å². The number of fused-ring (bicyclic) bond motifs is 3. The number of benzene rings is 2. The number of hydrogen-bond acceptors (Lipinski definition) is 2. The predicted molar refractivity (Wildman–Crippen MR) is 88.6 cm³/mol. The van der Waals surface area contributed by atoms with Crippen LogP contribution in [0.3, 0.4) is 0 Å². The highest BCUT2D eigenvalue weighted by Gasteiger charge is 2.13. The number of para-hydroxylation sites is 1. The molecule has 24 heavy (non-hydrogen) atoms. The Bertz CT molecular complexity index is 1060. The van der Waals surface area contributed by atoms with Crippen LogP contribution in [0.2, 0.25) is 0 Å². The summed E-state index contributed by atoms with van der Waals surface area (Å²) in [6, 6.07) is 13.6. The van der Waals surface area contributed by atoms with Gasteiger partial charge in [-0.05, 0) is 35.4 Å². The summed E-state index contributed by atoms with van der Waals surface area (Å²) < 4.78 is 28.6. The number of nitrogens with zero attached hydrogens (tertiary/aromatic N) is 2. The van der Waals surface area contributed by atoms with Gasteiger partial charge in [-0.2, -0.15) is 0 Å². The van der Waals surface area contributed by atoms with Gasteiger partial charge in [-0.1, -0.05) is 24.3 Å². The third-order valence-corrected chi connectivity index (χ3v) is 4.17. The first-order chi connectivity index (χ1) is 11.7. The SMILES string of the molecule is OCc1cnc2c(c1)c1ccccc1n2Cc1ccc(F)c(F)c1. The lowest BCUT2D eigenvalue weighted by Gasteiger charge is -2.08. The largest absolute Gasteiger partial charge is 0.392 e. The molecule has 0 aliphatic heterocycles. The Balaban J connectivity index is 1.93. The standard InChI is InChI=1S/C19H14F2N2O/c20-16-6-5-12(8-17(16)21)10-23-18-4-2-1-3-14(18)15-7-13(11-24)9-22-19(15)23/h1-9,24H,10-11H2. The van der Waals surface area contributed by atoms with Crippen molar-refractivity contribution in [1.29, 1.82) is 0 Å². The Kier molecular flexibility index (Phi) is 3.50. The summed E-state index contributed by atoms with van der Waals surface area (Å²) in [6.07, 6.45) is 1.63. The van der Waals surface area contributed by atoms with Crippen molar-refractivity contribution in [2.24, 2.45) is 0 Å². The zero-order valence-electron chi connectivity index (χ0n) is 12.7. The second kappa shape index (κ2) is 5.69. The van der Waals surface area contributed by atoms with Crippen molar-refractivity contribution < 1.29 is 13.9 Å². The van der Waals surface area contributed by atoms with E-state index in [9.17, 15) is 13.9 Å².